The van der Waals surface area contributed by atoms with Crippen molar-refractivity contribution in [2.24, 2.45) is 5.92 Å². The number of nitrogens with one attached hydrogen (secondary N) is 1. The third kappa shape index (κ3) is 3.43. The second kappa shape index (κ2) is 5.02. The Labute approximate surface area is 98.4 Å². The molecule has 2 fully saturated rings. The molecule has 1 heterocycles. The van der Waals surface area contributed by atoms with E-state index in [1.165, 1.54) is 12.8 Å². The van der Waals surface area contributed by atoms with Crippen LogP contribution in [0.2, 0.25) is 0 Å². The summed E-state index contributed by atoms with van der Waals surface area (Å²) in [7, 11) is -3.00. The highest BCUT2D eigenvalue weighted by Gasteiger charge is 2.27. The Morgan fingerprint density at radius 3 is 2.38 bits per heavy atom. The van der Waals surface area contributed by atoms with E-state index < -0.39 is 10.0 Å². The van der Waals surface area contributed by atoms with E-state index in [2.05, 4.69) is 12.2 Å². The maximum atomic E-state index is 12.0. The lowest BCUT2D eigenvalue weighted by Crippen LogP contribution is -2.41. The number of sulfonamides is 1. The van der Waals surface area contributed by atoms with Gasteiger partial charge in [0.25, 0.3) is 0 Å². The Bertz CT molecular complexity index is 317. The summed E-state index contributed by atoms with van der Waals surface area (Å²) in [6, 6.07) is 0.594. The maximum Gasteiger partial charge on any atom is 0.215 e. The third-order valence-corrected chi connectivity index (χ3v) is 5.38. The van der Waals surface area contributed by atoms with Gasteiger partial charge in [-0.1, -0.05) is 6.92 Å². The van der Waals surface area contributed by atoms with Gasteiger partial charge in [0.1, 0.15) is 0 Å². The van der Waals surface area contributed by atoms with Crippen LogP contribution in [-0.4, -0.2) is 44.2 Å². The second-order valence-electron chi connectivity index (χ2n) is 5.13. The molecule has 1 N–H and O–H groups in total. The molecule has 0 spiro atoms. The van der Waals surface area contributed by atoms with Crippen LogP contribution in [0.4, 0.5) is 0 Å². The molecule has 0 amide bonds. The van der Waals surface area contributed by atoms with Crippen LogP contribution >= 0.6 is 0 Å². The first kappa shape index (κ1) is 12.3. The van der Waals surface area contributed by atoms with Crippen LogP contribution < -0.4 is 5.32 Å². The van der Waals surface area contributed by atoms with Gasteiger partial charge >= 0.3 is 0 Å². The molecule has 1 saturated heterocycles. The molecule has 2 rings (SSSR count). The van der Waals surface area contributed by atoms with E-state index in [1.54, 1.807) is 4.31 Å². The highest BCUT2D eigenvalue weighted by Crippen LogP contribution is 2.20. The standard InChI is InChI=1S/C11H22N2O2S/c1-10-4-7-13(8-5-10)16(14,15)9-6-12-11-2-3-11/h10-12H,2-9H2,1H3. The lowest BCUT2D eigenvalue weighted by molar-refractivity contribution is 0.288. The molecule has 1 aliphatic heterocycles. The molecule has 0 bridgehead atoms. The van der Waals surface area contributed by atoms with E-state index in [4.69, 9.17) is 0 Å². The van der Waals surface area contributed by atoms with E-state index >= 15 is 0 Å². The molecule has 0 aromatic rings. The lowest BCUT2D eigenvalue weighted by atomic mass is 10.0. The first-order valence-corrected chi connectivity index (χ1v) is 7.90. The topological polar surface area (TPSA) is 49.4 Å². The van der Waals surface area contributed by atoms with E-state index in [0.717, 1.165) is 12.8 Å². The van der Waals surface area contributed by atoms with Crippen molar-refractivity contribution in [2.75, 3.05) is 25.4 Å². The van der Waals surface area contributed by atoms with E-state index in [9.17, 15) is 8.42 Å². The number of hydrogen-bond donors (Lipinski definition) is 1. The van der Waals surface area contributed by atoms with Gasteiger partial charge in [-0.05, 0) is 31.6 Å². The highest BCUT2D eigenvalue weighted by atomic mass is 32.2. The molecule has 4 nitrogen and oxygen atoms in total. The van der Waals surface area contributed by atoms with Gasteiger partial charge in [0.15, 0.2) is 0 Å². The maximum absolute atomic E-state index is 12.0. The normalized spacial score (nSPS) is 24.8. The Balaban J connectivity index is 1.76. The van der Waals surface area contributed by atoms with E-state index in [1.807, 2.05) is 0 Å². The number of nitrogens with zero attached hydrogens (tertiary/aromatic N) is 1. The molecular weight excluding hydrogens is 224 g/mol. The average Bonchev–Trinajstić information content (AvgIpc) is 3.02. The molecule has 1 aliphatic carbocycles. The van der Waals surface area contributed by atoms with Crippen molar-refractivity contribution < 1.29 is 8.42 Å². The summed E-state index contributed by atoms with van der Waals surface area (Å²) >= 11 is 0. The van der Waals surface area contributed by atoms with Gasteiger partial charge < -0.3 is 5.32 Å². The highest BCUT2D eigenvalue weighted by molar-refractivity contribution is 7.89. The van der Waals surface area contributed by atoms with E-state index in [-0.39, 0.29) is 5.75 Å². The van der Waals surface area contributed by atoms with Gasteiger partial charge in [-0.25, -0.2) is 12.7 Å². The number of hydrogen-bond acceptors (Lipinski definition) is 3. The van der Waals surface area contributed by atoms with Crippen LogP contribution in [-0.2, 0) is 10.0 Å². The fourth-order valence-electron chi connectivity index (χ4n) is 2.07. The van der Waals surface area contributed by atoms with E-state index in [0.29, 0.717) is 31.6 Å². The zero-order chi connectivity index (χ0) is 11.6. The van der Waals surface area contributed by atoms with Gasteiger partial charge in [0, 0.05) is 25.7 Å². The zero-order valence-corrected chi connectivity index (χ0v) is 10.8. The first-order valence-electron chi connectivity index (χ1n) is 6.29. The molecule has 16 heavy (non-hydrogen) atoms. The van der Waals surface area contributed by atoms with Crippen molar-refractivity contribution in [3.8, 4) is 0 Å². The van der Waals surface area contributed by atoms with Crippen LogP contribution in [0.25, 0.3) is 0 Å². The van der Waals surface area contributed by atoms with Crippen molar-refractivity contribution >= 4 is 10.0 Å². The van der Waals surface area contributed by atoms with Gasteiger partial charge in [-0.15, -0.1) is 0 Å². The fourth-order valence-corrected chi connectivity index (χ4v) is 3.47. The molecular formula is C11H22N2O2S. The average molecular weight is 246 g/mol. The Hall–Kier alpha value is -0.130. The predicted molar refractivity (Wildman–Crippen MR) is 64.8 cm³/mol. The van der Waals surface area contributed by atoms with Crippen LogP contribution in [0.15, 0.2) is 0 Å². The summed E-state index contributed by atoms with van der Waals surface area (Å²) in [5.74, 6) is 0.939. The summed E-state index contributed by atoms with van der Waals surface area (Å²) in [4.78, 5) is 0. The molecule has 1 saturated carbocycles. The summed E-state index contributed by atoms with van der Waals surface area (Å²) in [5.41, 5.74) is 0. The first-order chi connectivity index (χ1) is 7.58. The third-order valence-electron chi connectivity index (χ3n) is 3.51. The minimum Gasteiger partial charge on any atom is -0.313 e. The van der Waals surface area contributed by atoms with Gasteiger partial charge in [-0.3, -0.25) is 0 Å². The van der Waals surface area contributed by atoms with Crippen LogP contribution in [0, 0.1) is 5.92 Å². The van der Waals surface area contributed by atoms with Gasteiger partial charge in [-0.2, -0.15) is 0 Å². The minimum atomic E-state index is -3.00. The smallest absolute Gasteiger partial charge is 0.215 e. The van der Waals surface area contributed by atoms with Crippen molar-refractivity contribution in [3.05, 3.63) is 0 Å². The minimum absolute atomic E-state index is 0.262. The molecule has 0 radical (unpaired) electrons. The lowest BCUT2D eigenvalue weighted by Gasteiger charge is -2.29. The molecule has 0 unspecified atom stereocenters. The second-order valence-corrected chi connectivity index (χ2v) is 7.21. The van der Waals surface area contributed by atoms with Gasteiger partial charge in [0.2, 0.25) is 10.0 Å². The quantitative estimate of drug-likeness (QED) is 0.780. The molecule has 0 aromatic heterocycles. The van der Waals surface area contributed by atoms with Crippen molar-refractivity contribution in [2.45, 2.75) is 38.6 Å². The zero-order valence-electron chi connectivity index (χ0n) is 9.98. The number of piperidine rings is 1. The molecule has 0 atom stereocenters. The summed E-state index contributed by atoms with van der Waals surface area (Å²) in [6.07, 6.45) is 4.44. The van der Waals surface area contributed by atoms with Crippen molar-refractivity contribution in [1.82, 2.24) is 9.62 Å². The van der Waals surface area contributed by atoms with Crippen LogP contribution in [0.5, 0.6) is 0 Å². The summed E-state index contributed by atoms with van der Waals surface area (Å²) in [6.45, 7) is 4.23. The molecule has 2 aliphatic rings. The largest absolute Gasteiger partial charge is 0.313 e. The Kier molecular flexibility index (Phi) is 3.87. The van der Waals surface area contributed by atoms with Crippen LogP contribution in [0.3, 0.4) is 0 Å². The predicted octanol–water partition coefficient (Wildman–Crippen LogP) is 0.800. The molecule has 94 valence electrons. The Morgan fingerprint density at radius 2 is 1.81 bits per heavy atom. The SMILES string of the molecule is CC1CCN(S(=O)(=O)CCNC2CC2)CC1. The van der Waals surface area contributed by atoms with Crippen molar-refractivity contribution in [3.63, 3.8) is 0 Å². The summed E-state index contributed by atoms with van der Waals surface area (Å²) in [5, 5.41) is 3.25. The summed E-state index contributed by atoms with van der Waals surface area (Å²) < 4.78 is 25.6. The monoisotopic (exact) mass is 246 g/mol. The van der Waals surface area contributed by atoms with Gasteiger partial charge in [0.05, 0.1) is 5.75 Å². The molecule has 5 heteroatoms. The Morgan fingerprint density at radius 1 is 1.19 bits per heavy atom. The van der Waals surface area contributed by atoms with Crippen LogP contribution in [0.1, 0.15) is 32.6 Å². The number of rotatable bonds is 5. The molecule has 0 aromatic carbocycles. The fraction of sp³-hybridized carbons (Fsp3) is 1.00. The van der Waals surface area contributed by atoms with Crippen molar-refractivity contribution in [1.29, 1.82) is 0 Å².